The number of benzene rings is 1. The molecule has 1 aromatic carbocycles. The molecule has 0 saturated carbocycles. The van der Waals surface area contributed by atoms with Gasteiger partial charge >= 0.3 is 5.97 Å². The van der Waals surface area contributed by atoms with Crippen LogP contribution in [0.15, 0.2) is 35.4 Å². The predicted molar refractivity (Wildman–Crippen MR) is 73.3 cm³/mol. The molecule has 0 aliphatic carbocycles. The molecular formula is C12H14N4O4S. The van der Waals surface area contributed by atoms with E-state index < -0.39 is 16.0 Å². The lowest BCUT2D eigenvalue weighted by molar-refractivity contribution is 0.0690. The first-order valence-corrected chi connectivity index (χ1v) is 7.57. The van der Waals surface area contributed by atoms with Gasteiger partial charge in [-0.25, -0.2) is 17.9 Å². The number of carbonyl (C=O) groups is 1. The molecule has 0 radical (unpaired) electrons. The van der Waals surface area contributed by atoms with Crippen LogP contribution in [0.5, 0.6) is 0 Å². The van der Waals surface area contributed by atoms with E-state index in [9.17, 15) is 13.2 Å². The van der Waals surface area contributed by atoms with E-state index >= 15 is 0 Å². The summed E-state index contributed by atoms with van der Waals surface area (Å²) < 4.78 is 27.9. The molecule has 9 heteroatoms. The smallest absolute Gasteiger partial charge is 0.358 e. The molecule has 0 saturated heterocycles. The molecule has 2 rings (SSSR count). The average molecular weight is 310 g/mol. The van der Waals surface area contributed by atoms with Gasteiger partial charge in [0.1, 0.15) is 0 Å². The number of hydrogen-bond acceptors (Lipinski definition) is 5. The third-order valence-electron chi connectivity index (χ3n) is 2.77. The Hall–Kier alpha value is -2.26. The quantitative estimate of drug-likeness (QED) is 0.791. The maximum atomic E-state index is 12.1. The number of carboxylic acid groups (broad SMARTS) is 1. The minimum Gasteiger partial charge on any atom is -0.476 e. The van der Waals surface area contributed by atoms with Gasteiger partial charge in [0.25, 0.3) is 0 Å². The fraction of sp³-hybridized carbons (Fsp3) is 0.250. The molecule has 2 aromatic rings. The van der Waals surface area contributed by atoms with Crippen LogP contribution in [0.2, 0.25) is 0 Å². The summed E-state index contributed by atoms with van der Waals surface area (Å²) in [6.45, 7) is 1.98. The van der Waals surface area contributed by atoms with Crippen LogP contribution >= 0.6 is 0 Å². The van der Waals surface area contributed by atoms with Crippen molar-refractivity contribution in [3.63, 3.8) is 0 Å². The number of nitrogens with zero attached hydrogens (tertiary/aromatic N) is 3. The van der Waals surface area contributed by atoms with Crippen LogP contribution in [0.25, 0.3) is 0 Å². The summed E-state index contributed by atoms with van der Waals surface area (Å²) >= 11 is 0. The predicted octanol–water partition coefficient (Wildman–Crippen LogP) is 0.263. The van der Waals surface area contributed by atoms with E-state index in [4.69, 9.17) is 5.11 Å². The van der Waals surface area contributed by atoms with Gasteiger partial charge < -0.3 is 5.11 Å². The van der Waals surface area contributed by atoms with Crippen molar-refractivity contribution in [3.05, 3.63) is 41.7 Å². The second-order valence-corrected chi connectivity index (χ2v) is 6.07. The van der Waals surface area contributed by atoms with Crippen LogP contribution < -0.4 is 4.72 Å². The number of aryl methyl sites for hydroxylation is 1. The molecule has 0 unspecified atom stereocenters. The van der Waals surface area contributed by atoms with E-state index in [0.717, 1.165) is 0 Å². The highest BCUT2D eigenvalue weighted by Crippen LogP contribution is 2.13. The van der Waals surface area contributed by atoms with Crippen LogP contribution in [-0.4, -0.2) is 41.0 Å². The first-order valence-electron chi connectivity index (χ1n) is 6.09. The summed E-state index contributed by atoms with van der Waals surface area (Å²) in [5.74, 6) is -1.18. The van der Waals surface area contributed by atoms with Crippen LogP contribution in [-0.2, 0) is 16.6 Å². The second kappa shape index (κ2) is 6.02. The summed E-state index contributed by atoms with van der Waals surface area (Å²) in [4.78, 5) is 10.9. The van der Waals surface area contributed by atoms with Gasteiger partial charge in [0.05, 0.1) is 17.6 Å². The summed E-state index contributed by atoms with van der Waals surface area (Å²) in [6, 6.07) is 6.65. The summed E-state index contributed by atoms with van der Waals surface area (Å²) in [5.41, 5.74) is 0.468. The lowest BCUT2D eigenvalue weighted by atomic mass is 10.2. The first kappa shape index (κ1) is 15.1. The molecular weight excluding hydrogens is 296 g/mol. The molecule has 0 fully saturated rings. The number of carboxylic acids is 1. The van der Waals surface area contributed by atoms with Gasteiger partial charge in [-0.3, -0.25) is 4.68 Å². The molecule has 0 aliphatic heterocycles. The zero-order valence-electron chi connectivity index (χ0n) is 11.2. The molecule has 112 valence electrons. The number of aromatic carboxylic acids is 1. The Morgan fingerprint density at radius 3 is 2.71 bits per heavy atom. The van der Waals surface area contributed by atoms with Crippen LogP contribution in [0.1, 0.15) is 16.1 Å². The monoisotopic (exact) mass is 310 g/mol. The van der Waals surface area contributed by atoms with E-state index in [1.807, 2.05) is 0 Å². The van der Waals surface area contributed by atoms with Crippen molar-refractivity contribution in [1.82, 2.24) is 19.7 Å². The topological polar surface area (TPSA) is 114 Å². The molecule has 2 N–H and O–H groups in total. The highest BCUT2D eigenvalue weighted by Gasteiger charge is 2.15. The summed E-state index contributed by atoms with van der Waals surface area (Å²) in [7, 11) is -3.60. The lowest BCUT2D eigenvalue weighted by Crippen LogP contribution is -2.28. The second-order valence-electron chi connectivity index (χ2n) is 4.34. The largest absolute Gasteiger partial charge is 0.476 e. The molecule has 0 spiro atoms. The Balaban J connectivity index is 1.99. The molecule has 0 aliphatic rings. The first-order chi connectivity index (χ1) is 9.90. The highest BCUT2D eigenvalue weighted by atomic mass is 32.2. The number of sulfonamides is 1. The Kier molecular flexibility index (Phi) is 4.34. The average Bonchev–Trinajstić information content (AvgIpc) is 2.88. The fourth-order valence-electron chi connectivity index (χ4n) is 1.74. The Morgan fingerprint density at radius 1 is 1.38 bits per heavy atom. The SMILES string of the molecule is Cc1ccccc1S(=O)(=O)NCCn1cc(C(=O)O)nn1. The number of hydrogen-bond donors (Lipinski definition) is 2. The lowest BCUT2D eigenvalue weighted by Gasteiger charge is -2.08. The maximum Gasteiger partial charge on any atom is 0.358 e. The zero-order chi connectivity index (χ0) is 15.5. The van der Waals surface area contributed by atoms with Crippen molar-refractivity contribution >= 4 is 16.0 Å². The van der Waals surface area contributed by atoms with Crippen LogP contribution in [0.3, 0.4) is 0 Å². The van der Waals surface area contributed by atoms with Gasteiger partial charge in [0.2, 0.25) is 10.0 Å². The van der Waals surface area contributed by atoms with Gasteiger partial charge in [-0.05, 0) is 18.6 Å². The van der Waals surface area contributed by atoms with Crippen molar-refractivity contribution in [2.24, 2.45) is 0 Å². The van der Waals surface area contributed by atoms with Crippen molar-refractivity contribution in [1.29, 1.82) is 0 Å². The van der Waals surface area contributed by atoms with E-state index in [1.165, 1.54) is 16.9 Å². The van der Waals surface area contributed by atoms with E-state index in [1.54, 1.807) is 25.1 Å². The minimum atomic E-state index is -3.60. The molecule has 1 heterocycles. The van der Waals surface area contributed by atoms with Gasteiger partial charge in [0, 0.05) is 6.54 Å². The maximum absolute atomic E-state index is 12.1. The van der Waals surface area contributed by atoms with Crippen LogP contribution in [0.4, 0.5) is 0 Å². The highest BCUT2D eigenvalue weighted by molar-refractivity contribution is 7.89. The number of aromatic nitrogens is 3. The van der Waals surface area contributed by atoms with E-state index in [0.29, 0.717) is 5.56 Å². The number of nitrogens with one attached hydrogen (secondary N) is 1. The molecule has 0 amide bonds. The Bertz CT molecular complexity index is 754. The Morgan fingerprint density at radius 2 is 2.10 bits per heavy atom. The summed E-state index contributed by atoms with van der Waals surface area (Å²) in [6.07, 6.45) is 1.24. The van der Waals surface area contributed by atoms with Crippen molar-refractivity contribution in [3.8, 4) is 0 Å². The fourth-order valence-corrected chi connectivity index (χ4v) is 3.00. The Labute approximate surface area is 121 Å². The third-order valence-corrected chi connectivity index (χ3v) is 4.40. The molecule has 0 bridgehead atoms. The molecule has 1 aromatic heterocycles. The molecule has 21 heavy (non-hydrogen) atoms. The standard InChI is InChI=1S/C12H14N4O4S/c1-9-4-2-3-5-11(9)21(19,20)13-6-7-16-8-10(12(17)18)14-15-16/h2-5,8,13H,6-7H2,1H3,(H,17,18). The normalized spacial score (nSPS) is 11.5. The van der Waals surface area contributed by atoms with E-state index in [-0.39, 0.29) is 23.7 Å². The number of rotatable bonds is 6. The third kappa shape index (κ3) is 3.64. The van der Waals surface area contributed by atoms with Gasteiger partial charge in [-0.2, -0.15) is 0 Å². The van der Waals surface area contributed by atoms with Crippen molar-refractivity contribution < 1.29 is 18.3 Å². The van der Waals surface area contributed by atoms with Crippen molar-refractivity contribution in [2.45, 2.75) is 18.4 Å². The van der Waals surface area contributed by atoms with Crippen LogP contribution in [0, 0.1) is 6.92 Å². The minimum absolute atomic E-state index is 0.0824. The van der Waals surface area contributed by atoms with Gasteiger partial charge in [-0.15, -0.1) is 5.10 Å². The summed E-state index contributed by atoms with van der Waals surface area (Å²) in [5, 5.41) is 15.7. The van der Waals surface area contributed by atoms with Gasteiger partial charge in [0.15, 0.2) is 5.69 Å². The van der Waals surface area contributed by atoms with E-state index in [2.05, 4.69) is 15.0 Å². The molecule has 0 atom stereocenters. The zero-order valence-corrected chi connectivity index (χ0v) is 12.0. The van der Waals surface area contributed by atoms with Crippen molar-refractivity contribution in [2.75, 3.05) is 6.54 Å². The van der Waals surface area contributed by atoms with Gasteiger partial charge in [-0.1, -0.05) is 23.4 Å². The molecule has 8 nitrogen and oxygen atoms in total.